The largest absolute Gasteiger partial charge is 0.497 e. The van der Waals surface area contributed by atoms with Gasteiger partial charge >= 0.3 is 0 Å². The molecule has 1 saturated carbocycles. The molecule has 1 N–H and O–H groups in total. The Hall–Kier alpha value is -1.75. The number of hydrogen-bond acceptors (Lipinski definition) is 4. The van der Waals surface area contributed by atoms with E-state index >= 15 is 0 Å². The van der Waals surface area contributed by atoms with Gasteiger partial charge in [0.1, 0.15) is 11.3 Å². The van der Waals surface area contributed by atoms with E-state index in [2.05, 4.69) is 29.0 Å². The number of ether oxygens (including phenoxy) is 1. The Balaban J connectivity index is 1.72. The zero-order valence-corrected chi connectivity index (χ0v) is 16.5. The second kappa shape index (κ2) is 8.30. The molecule has 3 rings (SSSR count). The van der Waals surface area contributed by atoms with Gasteiger partial charge in [-0.15, -0.1) is 0 Å². The molecule has 1 aliphatic heterocycles. The molecular formula is C21H33N3O2. The maximum absolute atomic E-state index is 13.5. The Morgan fingerprint density at radius 2 is 1.73 bits per heavy atom. The first-order valence-corrected chi connectivity index (χ1v) is 10.00. The summed E-state index contributed by atoms with van der Waals surface area (Å²) >= 11 is 0. The molecule has 1 saturated heterocycles. The minimum absolute atomic E-state index is 0.288. The van der Waals surface area contributed by atoms with Crippen molar-refractivity contribution in [3.05, 3.63) is 24.3 Å². The molecule has 1 aromatic carbocycles. The van der Waals surface area contributed by atoms with Crippen LogP contribution < -0.4 is 10.1 Å². The lowest BCUT2D eigenvalue weighted by molar-refractivity contribution is -0.135. The minimum atomic E-state index is -0.443. The van der Waals surface area contributed by atoms with Crippen LogP contribution in [-0.2, 0) is 4.79 Å². The highest BCUT2D eigenvalue weighted by Gasteiger charge is 2.43. The van der Waals surface area contributed by atoms with Gasteiger partial charge in [-0.05, 0) is 57.4 Å². The molecule has 0 radical (unpaired) electrons. The molecule has 0 atom stereocenters. The molecule has 0 aromatic heterocycles. The van der Waals surface area contributed by atoms with Crippen LogP contribution in [0.25, 0.3) is 0 Å². The molecule has 1 aromatic rings. The van der Waals surface area contributed by atoms with E-state index in [9.17, 15) is 4.79 Å². The van der Waals surface area contributed by atoms with Crippen molar-refractivity contribution in [3.8, 4) is 5.75 Å². The average molecular weight is 360 g/mol. The summed E-state index contributed by atoms with van der Waals surface area (Å²) in [7, 11) is 1.67. The summed E-state index contributed by atoms with van der Waals surface area (Å²) in [6, 6.07) is 8.46. The first-order valence-electron chi connectivity index (χ1n) is 10.00. The Kier molecular flexibility index (Phi) is 6.07. The van der Waals surface area contributed by atoms with Gasteiger partial charge in [0.15, 0.2) is 0 Å². The van der Waals surface area contributed by atoms with E-state index in [1.54, 1.807) is 7.11 Å². The van der Waals surface area contributed by atoms with Gasteiger partial charge in [0.05, 0.1) is 7.11 Å². The van der Waals surface area contributed by atoms with E-state index in [0.29, 0.717) is 6.04 Å². The van der Waals surface area contributed by atoms with Gasteiger partial charge < -0.3 is 15.0 Å². The molecule has 0 unspecified atom stereocenters. The number of amides is 1. The second-order valence-corrected chi connectivity index (χ2v) is 7.92. The van der Waals surface area contributed by atoms with Crippen molar-refractivity contribution in [2.24, 2.45) is 0 Å². The summed E-state index contributed by atoms with van der Waals surface area (Å²) in [6.45, 7) is 8.24. The number of methoxy groups -OCH3 is 1. The molecule has 5 heteroatoms. The topological polar surface area (TPSA) is 44.8 Å². The summed E-state index contributed by atoms with van der Waals surface area (Å²) in [6.07, 6.45) is 5.12. The fourth-order valence-electron chi connectivity index (χ4n) is 4.28. The maximum atomic E-state index is 13.5. The number of nitrogens with one attached hydrogen (secondary N) is 1. The van der Waals surface area contributed by atoms with Crippen molar-refractivity contribution in [2.75, 3.05) is 38.6 Å². The first kappa shape index (κ1) is 19.0. The number of benzene rings is 1. The van der Waals surface area contributed by atoms with Crippen molar-refractivity contribution >= 4 is 11.6 Å². The highest BCUT2D eigenvalue weighted by atomic mass is 16.5. The fraction of sp³-hybridized carbons (Fsp3) is 0.667. The lowest BCUT2D eigenvalue weighted by atomic mass is 9.94. The lowest BCUT2D eigenvalue weighted by Crippen LogP contribution is -2.53. The predicted octanol–water partition coefficient (Wildman–Crippen LogP) is 3.36. The Bertz CT molecular complexity index is 594. The predicted molar refractivity (Wildman–Crippen MR) is 106 cm³/mol. The highest BCUT2D eigenvalue weighted by Crippen LogP contribution is 2.35. The standard InChI is InChI=1S/C21H33N3O2/c1-17(2)23-13-6-14-24(16-15-23)20(25)21(11-4-5-12-21)22-18-7-9-19(26-3)10-8-18/h7-10,17,22H,4-6,11-16H2,1-3H3. The third kappa shape index (κ3) is 4.14. The number of nitrogens with zero attached hydrogens (tertiary/aromatic N) is 2. The highest BCUT2D eigenvalue weighted by molar-refractivity contribution is 5.90. The van der Waals surface area contributed by atoms with Crippen molar-refractivity contribution in [1.82, 2.24) is 9.80 Å². The molecule has 1 amide bonds. The van der Waals surface area contributed by atoms with Crippen LogP contribution in [0.4, 0.5) is 5.69 Å². The zero-order chi connectivity index (χ0) is 18.6. The van der Waals surface area contributed by atoms with E-state index in [0.717, 1.165) is 69.7 Å². The van der Waals surface area contributed by atoms with Crippen LogP contribution in [-0.4, -0.2) is 60.6 Å². The van der Waals surface area contributed by atoms with Crippen molar-refractivity contribution in [1.29, 1.82) is 0 Å². The molecule has 2 aliphatic rings. The monoisotopic (exact) mass is 359 g/mol. The smallest absolute Gasteiger partial charge is 0.248 e. The summed E-state index contributed by atoms with van der Waals surface area (Å²) in [5.41, 5.74) is 0.557. The fourth-order valence-corrected chi connectivity index (χ4v) is 4.28. The number of anilines is 1. The number of carbonyl (C=O) groups is 1. The summed E-state index contributed by atoms with van der Waals surface area (Å²) in [5, 5.41) is 3.60. The molecule has 1 aliphatic carbocycles. The van der Waals surface area contributed by atoms with Gasteiger partial charge in [0.25, 0.3) is 0 Å². The van der Waals surface area contributed by atoms with Crippen molar-refractivity contribution in [2.45, 2.75) is 57.5 Å². The molecule has 26 heavy (non-hydrogen) atoms. The number of hydrogen-bond donors (Lipinski definition) is 1. The van der Waals surface area contributed by atoms with Gasteiger partial charge in [-0.2, -0.15) is 0 Å². The quantitative estimate of drug-likeness (QED) is 0.876. The van der Waals surface area contributed by atoms with Crippen molar-refractivity contribution < 1.29 is 9.53 Å². The number of rotatable bonds is 5. The van der Waals surface area contributed by atoms with Gasteiger partial charge in [-0.1, -0.05) is 12.8 Å². The third-order valence-corrected chi connectivity index (χ3v) is 5.89. The Labute approximate surface area is 157 Å². The normalized spacial score (nSPS) is 20.8. The lowest BCUT2D eigenvalue weighted by Gasteiger charge is -2.35. The van der Waals surface area contributed by atoms with Crippen LogP contribution in [0.15, 0.2) is 24.3 Å². The second-order valence-electron chi connectivity index (χ2n) is 7.92. The van der Waals surface area contributed by atoms with Crippen LogP contribution >= 0.6 is 0 Å². The molecule has 144 valence electrons. The maximum Gasteiger partial charge on any atom is 0.248 e. The van der Waals surface area contributed by atoms with Gasteiger partial charge in [0, 0.05) is 37.9 Å². The van der Waals surface area contributed by atoms with E-state index < -0.39 is 5.54 Å². The van der Waals surface area contributed by atoms with Crippen LogP contribution in [0.5, 0.6) is 5.75 Å². The van der Waals surface area contributed by atoms with E-state index in [1.165, 1.54) is 0 Å². The van der Waals surface area contributed by atoms with Crippen molar-refractivity contribution in [3.63, 3.8) is 0 Å². The van der Waals surface area contributed by atoms with Crippen LogP contribution in [0.2, 0.25) is 0 Å². The van der Waals surface area contributed by atoms with E-state index in [-0.39, 0.29) is 5.91 Å². The van der Waals surface area contributed by atoms with Crippen LogP contribution in [0.3, 0.4) is 0 Å². The first-order chi connectivity index (χ1) is 12.5. The summed E-state index contributed by atoms with van der Waals surface area (Å²) in [4.78, 5) is 18.1. The average Bonchev–Trinajstić information content (AvgIpc) is 2.98. The number of carbonyl (C=O) groups excluding carboxylic acids is 1. The molecule has 0 bridgehead atoms. The Morgan fingerprint density at radius 3 is 2.35 bits per heavy atom. The SMILES string of the molecule is COc1ccc(NC2(C(=O)N3CCCN(C(C)C)CC3)CCCC2)cc1. The molecule has 2 fully saturated rings. The van der Waals surface area contributed by atoms with Crippen LogP contribution in [0.1, 0.15) is 46.0 Å². The Morgan fingerprint density at radius 1 is 1.04 bits per heavy atom. The molecule has 0 spiro atoms. The van der Waals surface area contributed by atoms with E-state index in [1.807, 2.05) is 24.3 Å². The van der Waals surface area contributed by atoms with Gasteiger partial charge in [-0.25, -0.2) is 0 Å². The third-order valence-electron chi connectivity index (χ3n) is 5.89. The summed E-state index contributed by atoms with van der Waals surface area (Å²) < 4.78 is 5.24. The van der Waals surface area contributed by atoms with E-state index in [4.69, 9.17) is 4.74 Å². The van der Waals surface area contributed by atoms with Gasteiger partial charge in [0.2, 0.25) is 5.91 Å². The summed E-state index contributed by atoms with van der Waals surface area (Å²) in [5.74, 6) is 1.13. The van der Waals surface area contributed by atoms with Crippen LogP contribution in [0, 0.1) is 0 Å². The zero-order valence-electron chi connectivity index (χ0n) is 16.5. The molecular weight excluding hydrogens is 326 g/mol. The molecule has 5 nitrogen and oxygen atoms in total. The molecule has 1 heterocycles. The minimum Gasteiger partial charge on any atom is -0.497 e. The van der Waals surface area contributed by atoms with Gasteiger partial charge in [-0.3, -0.25) is 9.69 Å².